The number of ketones is 1. The zero-order valence-corrected chi connectivity index (χ0v) is 8.87. The Morgan fingerprint density at radius 2 is 2.07 bits per heavy atom. The van der Waals surface area contributed by atoms with Gasteiger partial charge in [0.25, 0.3) is 0 Å². The average molecular weight is 192 g/mol. The first-order valence-electron chi connectivity index (χ1n) is 4.93. The van der Waals surface area contributed by atoms with E-state index < -0.39 is 0 Å². The Kier molecular flexibility index (Phi) is 3.28. The van der Waals surface area contributed by atoms with E-state index >= 15 is 0 Å². The van der Waals surface area contributed by atoms with Crippen molar-refractivity contribution in [3.8, 4) is 5.75 Å². The second-order valence-electron chi connectivity index (χ2n) is 3.67. The lowest BCUT2D eigenvalue weighted by Crippen LogP contribution is -2.03. The summed E-state index contributed by atoms with van der Waals surface area (Å²) in [5, 5.41) is 9.65. The zero-order valence-electron chi connectivity index (χ0n) is 8.87. The quantitative estimate of drug-likeness (QED) is 0.747. The van der Waals surface area contributed by atoms with Gasteiger partial charge in [0.1, 0.15) is 5.75 Å². The molecular weight excluding hydrogens is 176 g/mol. The van der Waals surface area contributed by atoms with Gasteiger partial charge in [0.2, 0.25) is 0 Å². The molecule has 0 aliphatic rings. The van der Waals surface area contributed by atoms with Gasteiger partial charge in [-0.15, -0.1) is 0 Å². The molecule has 1 N–H and O–H groups in total. The maximum Gasteiger partial charge on any atom is 0.163 e. The van der Waals surface area contributed by atoms with E-state index in [1.54, 1.807) is 18.2 Å². The molecule has 0 radical (unpaired) electrons. The largest absolute Gasteiger partial charge is 0.508 e. The van der Waals surface area contributed by atoms with Crippen LogP contribution in [0.5, 0.6) is 5.75 Å². The first kappa shape index (κ1) is 10.8. The van der Waals surface area contributed by atoms with Crippen LogP contribution in [0.15, 0.2) is 18.2 Å². The molecule has 1 rings (SSSR count). The minimum Gasteiger partial charge on any atom is -0.508 e. The summed E-state index contributed by atoms with van der Waals surface area (Å²) in [6.45, 7) is 5.78. The molecule has 0 atom stereocenters. The fourth-order valence-corrected chi connectivity index (χ4v) is 1.59. The zero-order chi connectivity index (χ0) is 10.7. The molecule has 0 heterocycles. The van der Waals surface area contributed by atoms with Gasteiger partial charge < -0.3 is 5.11 Å². The van der Waals surface area contributed by atoms with Crippen molar-refractivity contribution in [3.63, 3.8) is 0 Å². The highest BCUT2D eigenvalue weighted by Crippen LogP contribution is 2.29. The topological polar surface area (TPSA) is 37.3 Å². The summed E-state index contributed by atoms with van der Waals surface area (Å²) in [4.78, 5) is 11.6. The molecule has 0 spiro atoms. The molecule has 0 fully saturated rings. The van der Waals surface area contributed by atoms with E-state index in [9.17, 15) is 9.90 Å². The molecule has 76 valence electrons. The smallest absolute Gasteiger partial charge is 0.163 e. The van der Waals surface area contributed by atoms with Crippen molar-refractivity contribution in [1.29, 1.82) is 0 Å². The van der Waals surface area contributed by atoms with Gasteiger partial charge in [0.05, 0.1) is 0 Å². The van der Waals surface area contributed by atoms with Gasteiger partial charge >= 0.3 is 0 Å². The summed E-state index contributed by atoms with van der Waals surface area (Å²) in [5.74, 6) is 0.477. The molecule has 1 aromatic rings. The number of phenolic OH excluding ortho intramolecular Hbond substituents is 1. The Morgan fingerprint density at radius 1 is 1.43 bits per heavy atom. The third kappa shape index (κ3) is 1.95. The van der Waals surface area contributed by atoms with E-state index in [1.807, 2.05) is 20.8 Å². The Labute approximate surface area is 84.6 Å². The first-order chi connectivity index (χ1) is 6.57. The predicted molar refractivity (Wildman–Crippen MR) is 56.8 cm³/mol. The lowest BCUT2D eigenvalue weighted by molar-refractivity contribution is 0.0986. The molecule has 2 heteroatoms. The third-order valence-electron chi connectivity index (χ3n) is 2.28. The summed E-state index contributed by atoms with van der Waals surface area (Å²) < 4.78 is 0. The van der Waals surface area contributed by atoms with Crippen LogP contribution in [0.4, 0.5) is 0 Å². The molecule has 0 aliphatic heterocycles. The van der Waals surface area contributed by atoms with E-state index in [0.717, 1.165) is 5.56 Å². The fourth-order valence-electron chi connectivity index (χ4n) is 1.59. The van der Waals surface area contributed by atoms with Crippen molar-refractivity contribution in [1.82, 2.24) is 0 Å². The first-order valence-corrected chi connectivity index (χ1v) is 4.93. The fraction of sp³-hybridized carbons (Fsp3) is 0.417. The van der Waals surface area contributed by atoms with Crippen molar-refractivity contribution >= 4 is 5.78 Å². The number of carbonyl (C=O) groups excluding carboxylic acids is 1. The van der Waals surface area contributed by atoms with E-state index in [2.05, 4.69) is 0 Å². The van der Waals surface area contributed by atoms with Crippen LogP contribution in [0, 0.1) is 0 Å². The predicted octanol–water partition coefficient (Wildman–Crippen LogP) is 3.11. The SMILES string of the molecule is CCC(=O)c1cccc(O)c1C(C)C. The van der Waals surface area contributed by atoms with Crippen molar-refractivity contribution in [2.45, 2.75) is 33.1 Å². The number of aromatic hydroxyl groups is 1. The highest BCUT2D eigenvalue weighted by atomic mass is 16.3. The molecule has 0 amide bonds. The normalized spacial score (nSPS) is 10.6. The van der Waals surface area contributed by atoms with E-state index in [1.165, 1.54) is 0 Å². The summed E-state index contributed by atoms with van der Waals surface area (Å²) in [5.41, 5.74) is 1.42. The average Bonchev–Trinajstić information content (AvgIpc) is 2.15. The van der Waals surface area contributed by atoms with Crippen molar-refractivity contribution in [2.75, 3.05) is 0 Å². The Bertz CT molecular complexity index is 340. The molecule has 0 saturated carbocycles. The van der Waals surface area contributed by atoms with Gasteiger partial charge in [-0.2, -0.15) is 0 Å². The number of phenols is 1. The van der Waals surface area contributed by atoms with Gasteiger partial charge in [-0.1, -0.05) is 32.9 Å². The summed E-state index contributed by atoms with van der Waals surface area (Å²) in [7, 11) is 0. The maximum atomic E-state index is 11.6. The molecule has 0 aliphatic carbocycles. The van der Waals surface area contributed by atoms with Gasteiger partial charge in [-0.05, 0) is 12.0 Å². The van der Waals surface area contributed by atoms with Crippen LogP contribution in [-0.2, 0) is 0 Å². The molecule has 0 aromatic heterocycles. The maximum absolute atomic E-state index is 11.6. The molecule has 14 heavy (non-hydrogen) atoms. The molecule has 1 aromatic carbocycles. The van der Waals surface area contributed by atoms with Crippen LogP contribution in [-0.4, -0.2) is 10.9 Å². The summed E-state index contributed by atoms with van der Waals surface area (Å²) in [6.07, 6.45) is 0.475. The second-order valence-corrected chi connectivity index (χ2v) is 3.67. The monoisotopic (exact) mass is 192 g/mol. The van der Waals surface area contributed by atoms with Crippen molar-refractivity contribution < 1.29 is 9.90 Å². The number of hydrogen-bond acceptors (Lipinski definition) is 2. The molecule has 2 nitrogen and oxygen atoms in total. The van der Waals surface area contributed by atoms with Crippen LogP contribution >= 0.6 is 0 Å². The van der Waals surface area contributed by atoms with Gasteiger partial charge in [-0.3, -0.25) is 4.79 Å². The van der Waals surface area contributed by atoms with Crippen LogP contribution in [0.25, 0.3) is 0 Å². The molecule has 0 unspecified atom stereocenters. The Hall–Kier alpha value is -1.31. The van der Waals surface area contributed by atoms with E-state index in [0.29, 0.717) is 12.0 Å². The molecule has 0 bridgehead atoms. The third-order valence-corrected chi connectivity index (χ3v) is 2.28. The Morgan fingerprint density at radius 3 is 2.57 bits per heavy atom. The van der Waals surface area contributed by atoms with Crippen LogP contribution in [0.3, 0.4) is 0 Å². The minimum absolute atomic E-state index is 0.0876. The highest BCUT2D eigenvalue weighted by molar-refractivity contribution is 5.98. The molecule has 0 saturated heterocycles. The second kappa shape index (κ2) is 4.27. The van der Waals surface area contributed by atoms with Gasteiger partial charge in [-0.25, -0.2) is 0 Å². The number of carbonyl (C=O) groups is 1. The highest BCUT2D eigenvalue weighted by Gasteiger charge is 2.15. The van der Waals surface area contributed by atoms with Crippen LogP contribution < -0.4 is 0 Å². The number of rotatable bonds is 3. The standard InChI is InChI=1S/C12H16O2/c1-4-10(13)9-6-5-7-11(14)12(9)8(2)3/h5-8,14H,4H2,1-3H3. The lowest BCUT2D eigenvalue weighted by atomic mass is 9.93. The van der Waals surface area contributed by atoms with Gasteiger partial charge in [0.15, 0.2) is 5.78 Å². The Balaban J connectivity index is 3.28. The number of benzene rings is 1. The molecular formula is C12H16O2. The van der Waals surface area contributed by atoms with Crippen LogP contribution in [0.1, 0.15) is 49.0 Å². The van der Waals surface area contributed by atoms with Crippen LogP contribution in [0.2, 0.25) is 0 Å². The van der Waals surface area contributed by atoms with Crippen molar-refractivity contribution in [2.24, 2.45) is 0 Å². The van der Waals surface area contributed by atoms with E-state index in [4.69, 9.17) is 0 Å². The van der Waals surface area contributed by atoms with Crippen molar-refractivity contribution in [3.05, 3.63) is 29.3 Å². The minimum atomic E-state index is 0.0876. The summed E-state index contributed by atoms with van der Waals surface area (Å²) in [6, 6.07) is 5.12. The lowest BCUT2D eigenvalue weighted by Gasteiger charge is -2.12. The number of Topliss-reactive ketones (excluding diaryl/α,β-unsaturated/α-hetero) is 1. The number of hydrogen-bond donors (Lipinski definition) is 1. The van der Waals surface area contributed by atoms with E-state index in [-0.39, 0.29) is 17.5 Å². The summed E-state index contributed by atoms with van der Waals surface area (Å²) >= 11 is 0. The van der Waals surface area contributed by atoms with Gasteiger partial charge in [0, 0.05) is 17.5 Å².